The molecule has 0 saturated heterocycles. The van der Waals surface area contributed by atoms with Crippen LogP contribution in [-0.4, -0.2) is 20.7 Å². The maximum Gasteiger partial charge on any atom is 0.270 e. The molecule has 1 amide bonds. The maximum atomic E-state index is 12.4. The molecule has 108 valence electrons. The number of rotatable bonds is 5. The molecule has 7 heteroatoms. The molecular weight excluding hydrogens is 304 g/mol. The number of hydrogen-bond acceptors (Lipinski definition) is 5. The summed E-state index contributed by atoms with van der Waals surface area (Å²) in [5, 5.41) is 14.1. The van der Waals surface area contributed by atoms with E-state index in [2.05, 4.69) is 26.8 Å². The van der Waals surface area contributed by atoms with E-state index in [1.165, 1.54) is 5.56 Å². The van der Waals surface area contributed by atoms with Gasteiger partial charge in [-0.05, 0) is 28.5 Å². The van der Waals surface area contributed by atoms with Crippen LogP contribution in [0.25, 0.3) is 0 Å². The maximum absolute atomic E-state index is 12.4. The van der Waals surface area contributed by atoms with Gasteiger partial charge in [-0.2, -0.15) is 16.4 Å². The van der Waals surface area contributed by atoms with Crippen molar-refractivity contribution in [2.75, 3.05) is 0 Å². The molecule has 5 nitrogen and oxygen atoms in total. The van der Waals surface area contributed by atoms with E-state index in [-0.39, 0.29) is 11.9 Å². The van der Waals surface area contributed by atoms with E-state index < -0.39 is 0 Å². The second-order valence-electron chi connectivity index (χ2n) is 4.57. The van der Waals surface area contributed by atoms with Gasteiger partial charge in [-0.3, -0.25) is 9.48 Å². The van der Waals surface area contributed by atoms with Gasteiger partial charge in [0.1, 0.15) is 10.7 Å². The van der Waals surface area contributed by atoms with Crippen molar-refractivity contribution >= 4 is 28.6 Å². The van der Waals surface area contributed by atoms with Crippen molar-refractivity contribution < 1.29 is 4.79 Å². The largest absolute Gasteiger partial charge is 0.341 e. The first kappa shape index (κ1) is 14.0. The van der Waals surface area contributed by atoms with Gasteiger partial charge < -0.3 is 5.32 Å². The van der Waals surface area contributed by atoms with Crippen LogP contribution in [0.5, 0.6) is 0 Å². The van der Waals surface area contributed by atoms with Gasteiger partial charge in [0.25, 0.3) is 5.91 Å². The molecule has 0 fully saturated rings. The monoisotopic (exact) mass is 318 g/mol. The van der Waals surface area contributed by atoms with Gasteiger partial charge in [0.2, 0.25) is 0 Å². The smallest absolute Gasteiger partial charge is 0.270 e. The minimum absolute atomic E-state index is 0.123. The average Bonchev–Trinajstić information content (AvgIpc) is 3.20. The summed E-state index contributed by atoms with van der Waals surface area (Å²) in [5.74, 6) is -0.134. The van der Waals surface area contributed by atoms with Gasteiger partial charge in [0.15, 0.2) is 0 Å². The lowest BCUT2D eigenvalue weighted by Gasteiger charge is -2.16. The number of aromatic nitrogens is 3. The van der Waals surface area contributed by atoms with Gasteiger partial charge in [-0.15, -0.1) is 11.3 Å². The Morgan fingerprint density at radius 2 is 2.29 bits per heavy atom. The van der Waals surface area contributed by atoms with Crippen molar-refractivity contribution in [1.82, 2.24) is 20.1 Å². The number of thiophene rings is 1. The van der Waals surface area contributed by atoms with Crippen LogP contribution in [0.4, 0.5) is 0 Å². The molecule has 1 atom stereocenters. The number of thiazole rings is 1. The van der Waals surface area contributed by atoms with E-state index in [0.717, 1.165) is 11.4 Å². The Morgan fingerprint density at radius 3 is 2.90 bits per heavy atom. The Labute approximate surface area is 130 Å². The SMILES string of the molecule is Cn1nccc1C(=O)N[C@@H](Cc1ccsc1)c1nccs1. The first-order valence-electron chi connectivity index (χ1n) is 6.43. The fourth-order valence-electron chi connectivity index (χ4n) is 2.08. The minimum Gasteiger partial charge on any atom is -0.341 e. The molecule has 0 radical (unpaired) electrons. The molecule has 1 N–H and O–H groups in total. The van der Waals surface area contributed by atoms with Crippen LogP contribution < -0.4 is 5.32 Å². The van der Waals surface area contributed by atoms with Crippen molar-refractivity contribution in [2.24, 2.45) is 7.05 Å². The molecule has 0 aromatic carbocycles. The fraction of sp³-hybridized carbons (Fsp3) is 0.214. The van der Waals surface area contributed by atoms with Crippen LogP contribution in [0.15, 0.2) is 40.7 Å². The van der Waals surface area contributed by atoms with E-state index in [1.807, 2.05) is 10.8 Å². The molecule has 3 aromatic heterocycles. The lowest BCUT2D eigenvalue weighted by atomic mass is 10.1. The quantitative estimate of drug-likeness (QED) is 0.787. The predicted octanol–water partition coefficient (Wildman–Crippen LogP) is 2.65. The summed E-state index contributed by atoms with van der Waals surface area (Å²) < 4.78 is 1.57. The highest BCUT2D eigenvalue weighted by atomic mass is 32.1. The minimum atomic E-state index is -0.134. The number of aryl methyl sites for hydroxylation is 1. The van der Waals surface area contributed by atoms with Crippen LogP contribution in [0, 0.1) is 0 Å². The highest BCUT2D eigenvalue weighted by Crippen LogP contribution is 2.22. The molecule has 0 unspecified atom stereocenters. The molecular formula is C14H14N4OS2. The van der Waals surface area contributed by atoms with Gasteiger partial charge >= 0.3 is 0 Å². The van der Waals surface area contributed by atoms with Gasteiger partial charge in [0, 0.05) is 31.2 Å². The van der Waals surface area contributed by atoms with E-state index in [1.54, 1.807) is 52.9 Å². The Balaban J connectivity index is 1.79. The van der Waals surface area contributed by atoms with E-state index >= 15 is 0 Å². The molecule has 3 rings (SSSR count). The third-order valence-electron chi connectivity index (χ3n) is 3.13. The molecule has 0 aliphatic heterocycles. The number of amides is 1. The van der Waals surface area contributed by atoms with Crippen molar-refractivity contribution in [3.8, 4) is 0 Å². The highest BCUT2D eigenvalue weighted by Gasteiger charge is 2.20. The summed E-state index contributed by atoms with van der Waals surface area (Å²) in [7, 11) is 1.76. The third-order valence-corrected chi connectivity index (χ3v) is 4.75. The lowest BCUT2D eigenvalue weighted by molar-refractivity contribution is 0.0927. The molecule has 3 aromatic rings. The first-order valence-corrected chi connectivity index (χ1v) is 8.25. The predicted molar refractivity (Wildman–Crippen MR) is 83.6 cm³/mol. The van der Waals surface area contributed by atoms with Crippen LogP contribution in [-0.2, 0) is 13.5 Å². The third kappa shape index (κ3) is 3.20. The second kappa shape index (κ2) is 6.19. The summed E-state index contributed by atoms with van der Waals surface area (Å²) in [4.78, 5) is 16.7. The van der Waals surface area contributed by atoms with E-state index in [9.17, 15) is 4.79 Å². The van der Waals surface area contributed by atoms with Crippen LogP contribution in [0.3, 0.4) is 0 Å². The lowest BCUT2D eigenvalue weighted by Crippen LogP contribution is -2.31. The van der Waals surface area contributed by atoms with Crippen LogP contribution >= 0.6 is 22.7 Å². The number of nitrogens with zero attached hydrogens (tertiary/aromatic N) is 3. The van der Waals surface area contributed by atoms with Crippen molar-refractivity contribution in [3.05, 3.63) is 56.9 Å². The summed E-state index contributed by atoms with van der Waals surface area (Å²) >= 11 is 3.21. The van der Waals surface area contributed by atoms with Crippen molar-refractivity contribution in [3.63, 3.8) is 0 Å². The standard InChI is InChI=1S/C14H14N4OS2/c1-18-12(2-4-16-18)13(19)17-11(14-15-5-7-21-14)8-10-3-6-20-9-10/h2-7,9,11H,8H2,1H3,(H,17,19)/t11-/m0/s1. The molecule has 0 spiro atoms. The van der Waals surface area contributed by atoms with Crippen LogP contribution in [0.1, 0.15) is 27.1 Å². The van der Waals surface area contributed by atoms with Crippen molar-refractivity contribution in [1.29, 1.82) is 0 Å². The number of nitrogens with one attached hydrogen (secondary N) is 1. The summed E-state index contributed by atoms with van der Waals surface area (Å²) in [6.07, 6.45) is 4.11. The normalized spacial score (nSPS) is 12.2. The Kier molecular flexibility index (Phi) is 4.12. The Hall–Kier alpha value is -1.99. The molecule has 0 bridgehead atoms. The zero-order valence-electron chi connectivity index (χ0n) is 11.4. The van der Waals surface area contributed by atoms with E-state index in [0.29, 0.717) is 5.69 Å². The van der Waals surface area contributed by atoms with Gasteiger partial charge in [-0.1, -0.05) is 0 Å². The topological polar surface area (TPSA) is 59.8 Å². The van der Waals surface area contributed by atoms with Gasteiger partial charge in [0.05, 0.1) is 6.04 Å². The second-order valence-corrected chi connectivity index (χ2v) is 6.28. The molecule has 21 heavy (non-hydrogen) atoms. The molecule has 0 aliphatic carbocycles. The summed E-state index contributed by atoms with van der Waals surface area (Å²) in [6.45, 7) is 0. The number of carbonyl (C=O) groups is 1. The van der Waals surface area contributed by atoms with Gasteiger partial charge in [-0.25, -0.2) is 4.98 Å². The molecule has 0 aliphatic rings. The van der Waals surface area contributed by atoms with Crippen molar-refractivity contribution in [2.45, 2.75) is 12.5 Å². The summed E-state index contributed by atoms with van der Waals surface area (Å²) in [6, 6.07) is 3.65. The van der Waals surface area contributed by atoms with Crippen LogP contribution in [0.2, 0.25) is 0 Å². The Bertz CT molecular complexity index is 703. The average molecular weight is 318 g/mol. The summed E-state index contributed by atoms with van der Waals surface area (Å²) in [5.41, 5.74) is 1.74. The zero-order valence-corrected chi connectivity index (χ0v) is 13.0. The fourth-order valence-corrected chi connectivity index (χ4v) is 3.45. The molecule has 0 saturated carbocycles. The van der Waals surface area contributed by atoms with E-state index in [4.69, 9.17) is 0 Å². The molecule has 3 heterocycles. The number of carbonyl (C=O) groups excluding carboxylic acids is 1. The zero-order chi connectivity index (χ0) is 14.7. The Morgan fingerprint density at radius 1 is 1.38 bits per heavy atom. The highest BCUT2D eigenvalue weighted by molar-refractivity contribution is 7.09. The first-order chi connectivity index (χ1) is 10.2. The number of hydrogen-bond donors (Lipinski definition) is 1.